The summed E-state index contributed by atoms with van der Waals surface area (Å²) in [5.41, 5.74) is 2.35. The van der Waals surface area contributed by atoms with Crippen LogP contribution in [0.15, 0.2) is 78.9 Å². The molecule has 0 fully saturated rings. The van der Waals surface area contributed by atoms with Crippen LogP contribution in [0.2, 0.25) is 0 Å². The summed E-state index contributed by atoms with van der Waals surface area (Å²) >= 11 is 0. The molecule has 3 aromatic carbocycles. The minimum absolute atomic E-state index is 0.0309. The summed E-state index contributed by atoms with van der Waals surface area (Å²) in [6.07, 6.45) is 0. The van der Waals surface area contributed by atoms with Crippen LogP contribution in [0.25, 0.3) is 0 Å². The molecule has 0 aromatic heterocycles. The fraction of sp³-hybridized carbons (Fsp3) is 0.259. The first kappa shape index (κ1) is 23.3. The zero-order valence-electron chi connectivity index (χ0n) is 19.1. The first-order valence-electron chi connectivity index (χ1n) is 11.3. The van der Waals surface area contributed by atoms with E-state index in [4.69, 9.17) is 14.2 Å². The van der Waals surface area contributed by atoms with E-state index in [1.807, 2.05) is 65.6 Å². The number of anilines is 1. The van der Waals surface area contributed by atoms with Crippen LogP contribution in [-0.4, -0.2) is 43.1 Å². The maximum Gasteiger partial charge on any atom is 0.320 e. The zero-order chi connectivity index (χ0) is 23.8. The van der Waals surface area contributed by atoms with Crippen LogP contribution < -0.4 is 14.8 Å². The maximum absolute atomic E-state index is 13.7. The van der Waals surface area contributed by atoms with Gasteiger partial charge in [-0.25, -0.2) is 0 Å². The lowest BCUT2D eigenvalue weighted by molar-refractivity contribution is -0.145. The first-order chi connectivity index (χ1) is 16.6. The molecule has 1 amide bonds. The fourth-order valence-electron chi connectivity index (χ4n) is 3.92. The highest BCUT2D eigenvalue weighted by molar-refractivity contribution is 5.96. The van der Waals surface area contributed by atoms with E-state index in [-0.39, 0.29) is 25.0 Å². The minimum atomic E-state index is -0.723. The average molecular weight is 461 g/mol. The van der Waals surface area contributed by atoms with Crippen molar-refractivity contribution >= 4 is 17.6 Å². The highest BCUT2D eigenvalue weighted by Gasteiger charge is 2.30. The van der Waals surface area contributed by atoms with E-state index in [0.29, 0.717) is 36.9 Å². The molecule has 0 saturated heterocycles. The number of carbonyl (C=O) groups is 2. The molecule has 0 spiro atoms. The van der Waals surface area contributed by atoms with Crippen molar-refractivity contribution in [2.75, 3.05) is 31.7 Å². The van der Waals surface area contributed by atoms with Crippen LogP contribution in [0, 0.1) is 0 Å². The Labute approximate surface area is 199 Å². The van der Waals surface area contributed by atoms with Gasteiger partial charge in [0, 0.05) is 18.3 Å². The van der Waals surface area contributed by atoms with Crippen molar-refractivity contribution in [2.24, 2.45) is 0 Å². The first-order valence-corrected chi connectivity index (χ1v) is 11.3. The Morgan fingerprint density at radius 3 is 2.32 bits per heavy atom. The molecule has 1 N–H and O–H groups in total. The summed E-state index contributed by atoms with van der Waals surface area (Å²) in [6, 6.07) is 23.8. The van der Waals surface area contributed by atoms with Crippen molar-refractivity contribution in [1.82, 2.24) is 4.90 Å². The molecule has 1 atom stereocenters. The molecular formula is C27H28N2O5. The molecule has 7 heteroatoms. The van der Waals surface area contributed by atoms with Crippen LogP contribution in [0.1, 0.15) is 24.1 Å². The van der Waals surface area contributed by atoms with Gasteiger partial charge in [-0.05, 0) is 30.2 Å². The second-order valence-corrected chi connectivity index (χ2v) is 7.86. The standard InChI is InChI=1S/C27H28N2O5/c1-2-32-25(30)19-29(18-20-9-5-3-6-10-20)26(21-11-7-4-8-12-21)27(31)28-22-13-14-23-24(17-22)34-16-15-33-23/h3-14,17,26H,2,15-16,18-19H2,1H3,(H,28,31). The lowest BCUT2D eigenvalue weighted by atomic mass is 10.0. The number of rotatable bonds is 9. The molecule has 1 aliphatic rings. The Morgan fingerprint density at radius 2 is 1.62 bits per heavy atom. The number of hydrogen-bond donors (Lipinski definition) is 1. The summed E-state index contributed by atoms with van der Waals surface area (Å²) in [7, 11) is 0. The third-order valence-electron chi connectivity index (χ3n) is 5.40. The molecule has 34 heavy (non-hydrogen) atoms. The summed E-state index contributed by atoms with van der Waals surface area (Å²) in [5, 5.41) is 2.99. The number of hydrogen-bond acceptors (Lipinski definition) is 6. The van der Waals surface area contributed by atoms with Crippen LogP contribution in [0.5, 0.6) is 11.5 Å². The molecule has 4 rings (SSSR count). The van der Waals surface area contributed by atoms with Crippen molar-refractivity contribution in [3.63, 3.8) is 0 Å². The van der Waals surface area contributed by atoms with Gasteiger partial charge in [0.1, 0.15) is 19.3 Å². The fourth-order valence-corrected chi connectivity index (χ4v) is 3.92. The van der Waals surface area contributed by atoms with E-state index in [1.165, 1.54) is 0 Å². The van der Waals surface area contributed by atoms with Crippen LogP contribution in [0.4, 0.5) is 5.69 Å². The van der Waals surface area contributed by atoms with Crippen molar-refractivity contribution in [3.05, 3.63) is 90.0 Å². The molecule has 176 valence electrons. The summed E-state index contributed by atoms with van der Waals surface area (Å²) in [6.45, 7) is 3.36. The Kier molecular flexibility index (Phi) is 7.78. The van der Waals surface area contributed by atoms with E-state index in [0.717, 1.165) is 11.1 Å². The molecule has 0 aliphatic carbocycles. The zero-order valence-corrected chi connectivity index (χ0v) is 19.1. The van der Waals surface area contributed by atoms with Crippen molar-refractivity contribution in [2.45, 2.75) is 19.5 Å². The Hall–Kier alpha value is -3.84. The second-order valence-electron chi connectivity index (χ2n) is 7.86. The normalized spacial score (nSPS) is 13.2. The molecule has 0 radical (unpaired) electrons. The number of benzene rings is 3. The molecule has 3 aromatic rings. The largest absolute Gasteiger partial charge is 0.486 e. The minimum Gasteiger partial charge on any atom is -0.486 e. The lowest BCUT2D eigenvalue weighted by Gasteiger charge is -2.30. The van der Waals surface area contributed by atoms with Gasteiger partial charge in [-0.1, -0.05) is 60.7 Å². The molecule has 0 saturated carbocycles. The third kappa shape index (κ3) is 5.94. The summed E-state index contributed by atoms with van der Waals surface area (Å²) < 4.78 is 16.4. The Bertz CT molecular complexity index is 1100. The number of esters is 1. The van der Waals surface area contributed by atoms with Crippen LogP contribution >= 0.6 is 0 Å². The number of nitrogens with zero attached hydrogens (tertiary/aromatic N) is 1. The van der Waals surface area contributed by atoms with Crippen LogP contribution in [-0.2, 0) is 20.9 Å². The van der Waals surface area contributed by atoms with E-state index in [1.54, 1.807) is 25.1 Å². The third-order valence-corrected chi connectivity index (χ3v) is 5.40. The van der Waals surface area contributed by atoms with E-state index in [2.05, 4.69) is 5.32 Å². The van der Waals surface area contributed by atoms with Gasteiger partial charge in [0.15, 0.2) is 11.5 Å². The average Bonchev–Trinajstić information content (AvgIpc) is 2.85. The topological polar surface area (TPSA) is 77.1 Å². The molecule has 1 unspecified atom stereocenters. The lowest BCUT2D eigenvalue weighted by Crippen LogP contribution is -2.40. The predicted molar refractivity (Wildman–Crippen MR) is 129 cm³/mol. The summed E-state index contributed by atoms with van der Waals surface area (Å²) in [5.74, 6) is 0.597. The van der Waals surface area contributed by atoms with Gasteiger partial charge >= 0.3 is 5.97 Å². The smallest absolute Gasteiger partial charge is 0.320 e. The number of carbonyl (C=O) groups excluding carboxylic acids is 2. The van der Waals surface area contributed by atoms with Gasteiger partial charge in [0.25, 0.3) is 0 Å². The van der Waals surface area contributed by atoms with Gasteiger partial charge < -0.3 is 19.5 Å². The maximum atomic E-state index is 13.7. The number of nitrogens with one attached hydrogen (secondary N) is 1. The highest BCUT2D eigenvalue weighted by atomic mass is 16.6. The van der Waals surface area contributed by atoms with E-state index < -0.39 is 6.04 Å². The predicted octanol–water partition coefficient (Wildman–Crippen LogP) is 4.20. The molecule has 7 nitrogen and oxygen atoms in total. The number of amides is 1. The second kappa shape index (κ2) is 11.3. The molecular weight excluding hydrogens is 432 g/mol. The van der Waals surface area contributed by atoms with Gasteiger partial charge in [-0.3, -0.25) is 14.5 Å². The quantitative estimate of drug-likeness (QED) is 0.482. The summed E-state index contributed by atoms with van der Waals surface area (Å²) in [4.78, 5) is 28.0. The van der Waals surface area contributed by atoms with Crippen LogP contribution in [0.3, 0.4) is 0 Å². The van der Waals surface area contributed by atoms with Crippen molar-refractivity contribution < 1.29 is 23.8 Å². The Morgan fingerprint density at radius 1 is 0.941 bits per heavy atom. The molecule has 1 heterocycles. The highest BCUT2D eigenvalue weighted by Crippen LogP contribution is 2.33. The van der Waals surface area contributed by atoms with Gasteiger partial charge in [0.2, 0.25) is 5.91 Å². The van der Waals surface area contributed by atoms with E-state index in [9.17, 15) is 9.59 Å². The van der Waals surface area contributed by atoms with Gasteiger partial charge in [-0.15, -0.1) is 0 Å². The van der Waals surface area contributed by atoms with Crippen molar-refractivity contribution in [3.8, 4) is 11.5 Å². The SMILES string of the molecule is CCOC(=O)CN(Cc1ccccc1)C(C(=O)Nc1ccc2c(c1)OCCO2)c1ccccc1. The number of fused-ring (bicyclic) bond motifs is 1. The monoisotopic (exact) mass is 460 g/mol. The molecule has 0 bridgehead atoms. The number of ether oxygens (including phenoxy) is 3. The van der Waals surface area contributed by atoms with Gasteiger partial charge in [0.05, 0.1) is 13.2 Å². The van der Waals surface area contributed by atoms with E-state index >= 15 is 0 Å². The molecule has 1 aliphatic heterocycles. The van der Waals surface area contributed by atoms with Crippen molar-refractivity contribution in [1.29, 1.82) is 0 Å². The Balaban J connectivity index is 1.64. The van der Waals surface area contributed by atoms with Gasteiger partial charge in [-0.2, -0.15) is 0 Å².